The normalized spacial score (nSPS) is 11.2. The van der Waals surface area contributed by atoms with E-state index >= 15 is 0 Å². The molecular formula is C19H19N7O. The fraction of sp³-hybridized carbons (Fsp3) is 0.158. The van der Waals surface area contributed by atoms with Gasteiger partial charge in [0.25, 0.3) is 0 Å². The standard InChI is InChI=1S/C19H19N7O/c1-26(2)10-17(27)22-14-5-3-4-12(8-14)18-15-9-13(19-20-11-21-25-19)6-7-16(15)23-24-18/h3-9,11H,10H2,1-2H3,(H,22,27)(H,23,24)(H,20,21,25). The average molecular weight is 361 g/mol. The molecule has 4 aromatic rings. The van der Waals surface area contributed by atoms with E-state index in [1.165, 1.54) is 6.33 Å². The van der Waals surface area contributed by atoms with Crippen LogP contribution in [0.2, 0.25) is 0 Å². The lowest BCUT2D eigenvalue weighted by molar-refractivity contribution is -0.116. The van der Waals surface area contributed by atoms with Crippen molar-refractivity contribution in [3.05, 3.63) is 48.8 Å². The molecule has 2 aromatic carbocycles. The number of nitrogens with zero attached hydrogens (tertiary/aromatic N) is 4. The highest BCUT2D eigenvalue weighted by atomic mass is 16.2. The first-order valence-electron chi connectivity index (χ1n) is 8.49. The molecule has 0 fully saturated rings. The van der Waals surface area contributed by atoms with E-state index in [4.69, 9.17) is 0 Å². The summed E-state index contributed by atoms with van der Waals surface area (Å²) < 4.78 is 0. The molecule has 4 rings (SSSR count). The van der Waals surface area contributed by atoms with Crippen LogP contribution in [0.1, 0.15) is 0 Å². The van der Waals surface area contributed by atoms with Gasteiger partial charge < -0.3 is 10.2 Å². The zero-order valence-corrected chi connectivity index (χ0v) is 15.0. The van der Waals surface area contributed by atoms with E-state index in [1.54, 1.807) is 0 Å². The fourth-order valence-electron chi connectivity index (χ4n) is 2.96. The summed E-state index contributed by atoms with van der Waals surface area (Å²) in [5.74, 6) is 0.644. The molecule has 8 heteroatoms. The molecule has 0 saturated carbocycles. The number of hydrogen-bond donors (Lipinski definition) is 3. The number of fused-ring (bicyclic) bond motifs is 1. The van der Waals surface area contributed by atoms with Crippen LogP contribution in [0.25, 0.3) is 33.5 Å². The maximum absolute atomic E-state index is 12.0. The van der Waals surface area contributed by atoms with E-state index < -0.39 is 0 Å². The van der Waals surface area contributed by atoms with Gasteiger partial charge >= 0.3 is 0 Å². The third-order valence-corrected chi connectivity index (χ3v) is 4.13. The maximum Gasteiger partial charge on any atom is 0.238 e. The van der Waals surface area contributed by atoms with Gasteiger partial charge in [-0.05, 0) is 44.4 Å². The van der Waals surface area contributed by atoms with E-state index in [0.29, 0.717) is 12.4 Å². The monoisotopic (exact) mass is 361 g/mol. The number of carbonyl (C=O) groups is 1. The minimum atomic E-state index is -0.0587. The van der Waals surface area contributed by atoms with Gasteiger partial charge in [-0.2, -0.15) is 10.2 Å². The maximum atomic E-state index is 12.0. The number of H-pyrrole nitrogens is 2. The third kappa shape index (κ3) is 3.56. The van der Waals surface area contributed by atoms with Crippen LogP contribution in [0.4, 0.5) is 5.69 Å². The van der Waals surface area contributed by atoms with Gasteiger partial charge in [0.15, 0.2) is 5.82 Å². The number of carbonyl (C=O) groups excluding carboxylic acids is 1. The van der Waals surface area contributed by atoms with Crippen molar-refractivity contribution in [1.29, 1.82) is 0 Å². The minimum Gasteiger partial charge on any atom is -0.325 e. The summed E-state index contributed by atoms with van der Waals surface area (Å²) in [6.45, 7) is 0.329. The Labute approximate surface area is 155 Å². The molecule has 0 unspecified atom stereocenters. The molecule has 2 aromatic heterocycles. The quantitative estimate of drug-likeness (QED) is 0.507. The van der Waals surface area contributed by atoms with Crippen molar-refractivity contribution in [2.45, 2.75) is 0 Å². The molecular weight excluding hydrogens is 342 g/mol. The Kier molecular flexibility index (Phi) is 4.39. The first-order valence-corrected chi connectivity index (χ1v) is 8.49. The fourth-order valence-corrected chi connectivity index (χ4v) is 2.96. The molecule has 27 heavy (non-hydrogen) atoms. The van der Waals surface area contributed by atoms with Gasteiger partial charge in [-0.1, -0.05) is 12.1 Å². The van der Waals surface area contributed by atoms with Crippen molar-refractivity contribution in [3.63, 3.8) is 0 Å². The van der Waals surface area contributed by atoms with Crippen molar-refractivity contribution < 1.29 is 4.79 Å². The molecule has 2 heterocycles. The highest BCUT2D eigenvalue weighted by Crippen LogP contribution is 2.30. The zero-order chi connectivity index (χ0) is 18.8. The summed E-state index contributed by atoms with van der Waals surface area (Å²) in [6, 6.07) is 13.6. The molecule has 0 atom stereocenters. The van der Waals surface area contributed by atoms with Crippen molar-refractivity contribution in [2.75, 3.05) is 26.0 Å². The predicted molar refractivity (Wildman–Crippen MR) is 104 cm³/mol. The number of hydrogen-bond acceptors (Lipinski definition) is 5. The summed E-state index contributed by atoms with van der Waals surface area (Å²) in [5, 5.41) is 18.2. The molecule has 0 radical (unpaired) electrons. The van der Waals surface area contributed by atoms with Gasteiger partial charge in [0.1, 0.15) is 6.33 Å². The third-order valence-electron chi connectivity index (χ3n) is 4.13. The number of aromatic amines is 2. The number of benzene rings is 2. The van der Waals surface area contributed by atoms with Crippen molar-refractivity contribution in [1.82, 2.24) is 30.3 Å². The topological polar surface area (TPSA) is 103 Å². The Morgan fingerprint density at radius 1 is 1.11 bits per heavy atom. The van der Waals surface area contributed by atoms with Gasteiger partial charge in [-0.25, -0.2) is 4.98 Å². The largest absolute Gasteiger partial charge is 0.325 e. The van der Waals surface area contributed by atoms with Gasteiger partial charge in [-0.3, -0.25) is 15.0 Å². The SMILES string of the molecule is CN(C)CC(=O)Nc1cccc(-c2n[nH]c3ccc(-c4ncn[nH]4)cc23)c1. The Balaban J connectivity index is 1.69. The van der Waals surface area contributed by atoms with E-state index in [2.05, 4.69) is 30.7 Å². The molecule has 1 amide bonds. The second-order valence-electron chi connectivity index (χ2n) is 6.53. The van der Waals surface area contributed by atoms with Crippen LogP contribution in [0.5, 0.6) is 0 Å². The second kappa shape index (κ2) is 7.00. The van der Waals surface area contributed by atoms with Crippen LogP contribution in [0, 0.1) is 0 Å². The predicted octanol–water partition coefficient (Wildman–Crippen LogP) is 2.52. The number of aromatic nitrogens is 5. The summed E-state index contributed by atoms with van der Waals surface area (Å²) in [6.07, 6.45) is 1.48. The molecule has 3 N–H and O–H groups in total. The van der Waals surface area contributed by atoms with Gasteiger partial charge in [0, 0.05) is 22.2 Å². The summed E-state index contributed by atoms with van der Waals surface area (Å²) in [4.78, 5) is 18.0. The summed E-state index contributed by atoms with van der Waals surface area (Å²) in [7, 11) is 3.72. The smallest absolute Gasteiger partial charge is 0.238 e. The number of anilines is 1. The van der Waals surface area contributed by atoms with Crippen LogP contribution >= 0.6 is 0 Å². The molecule has 0 saturated heterocycles. The average Bonchev–Trinajstić information content (AvgIpc) is 3.30. The first kappa shape index (κ1) is 16.9. The zero-order valence-electron chi connectivity index (χ0n) is 15.0. The Morgan fingerprint density at radius 3 is 2.78 bits per heavy atom. The number of nitrogens with one attached hydrogen (secondary N) is 3. The molecule has 0 aliphatic rings. The van der Waals surface area contributed by atoms with Crippen molar-refractivity contribution >= 4 is 22.5 Å². The molecule has 0 aliphatic carbocycles. The van der Waals surface area contributed by atoms with Crippen LogP contribution < -0.4 is 5.32 Å². The Morgan fingerprint density at radius 2 is 2.00 bits per heavy atom. The van der Waals surface area contributed by atoms with E-state index in [0.717, 1.165) is 33.4 Å². The van der Waals surface area contributed by atoms with E-state index in [1.807, 2.05) is 61.5 Å². The highest BCUT2D eigenvalue weighted by molar-refractivity contribution is 5.97. The van der Waals surface area contributed by atoms with E-state index in [9.17, 15) is 4.79 Å². The highest BCUT2D eigenvalue weighted by Gasteiger charge is 2.12. The molecule has 0 spiro atoms. The molecule has 0 aliphatic heterocycles. The van der Waals surface area contributed by atoms with Gasteiger partial charge in [-0.15, -0.1) is 0 Å². The van der Waals surface area contributed by atoms with Crippen LogP contribution in [0.3, 0.4) is 0 Å². The van der Waals surface area contributed by atoms with Crippen molar-refractivity contribution in [2.24, 2.45) is 0 Å². The summed E-state index contributed by atoms with van der Waals surface area (Å²) >= 11 is 0. The number of amides is 1. The van der Waals surface area contributed by atoms with Crippen LogP contribution in [-0.2, 0) is 4.79 Å². The summed E-state index contributed by atoms with van der Waals surface area (Å²) in [5.41, 5.74) is 4.32. The van der Waals surface area contributed by atoms with Gasteiger partial charge in [0.2, 0.25) is 5.91 Å². The van der Waals surface area contributed by atoms with E-state index in [-0.39, 0.29) is 5.91 Å². The minimum absolute atomic E-state index is 0.0587. The van der Waals surface area contributed by atoms with Crippen LogP contribution in [0.15, 0.2) is 48.8 Å². The lowest BCUT2D eigenvalue weighted by Crippen LogP contribution is -2.27. The lowest BCUT2D eigenvalue weighted by Gasteiger charge is -2.10. The van der Waals surface area contributed by atoms with Crippen molar-refractivity contribution in [3.8, 4) is 22.6 Å². The lowest BCUT2D eigenvalue weighted by atomic mass is 10.0. The molecule has 8 nitrogen and oxygen atoms in total. The Hall–Kier alpha value is -3.52. The second-order valence-corrected chi connectivity index (χ2v) is 6.53. The Bertz CT molecular complexity index is 1080. The van der Waals surface area contributed by atoms with Crippen LogP contribution in [-0.4, -0.2) is 56.8 Å². The molecule has 136 valence electrons. The van der Waals surface area contributed by atoms with Gasteiger partial charge in [0.05, 0.1) is 17.8 Å². The number of rotatable bonds is 5. The molecule has 0 bridgehead atoms. The number of likely N-dealkylation sites (N-methyl/N-ethyl adjacent to an activating group) is 1. The first-order chi connectivity index (χ1) is 13.1.